The van der Waals surface area contributed by atoms with Crippen LogP contribution in [0.5, 0.6) is 0 Å². The number of sulfonamides is 1. The summed E-state index contributed by atoms with van der Waals surface area (Å²) in [4.78, 5) is 0.0824. The Labute approximate surface area is 132 Å². The van der Waals surface area contributed by atoms with Gasteiger partial charge in [0.05, 0.1) is 23.0 Å². The molecule has 1 aromatic carbocycles. The lowest BCUT2D eigenvalue weighted by molar-refractivity contribution is 0.281. The monoisotopic (exact) mass is 397 g/mol. The zero-order chi connectivity index (χ0) is 15.7. The highest BCUT2D eigenvalue weighted by molar-refractivity contribution is 9.10. The van der Waals surface area contributed by atoms with Gasteiger partial charge in [-0.3, -0.25) is 0 Å². The zero-order valence-corrected chi connectivity index (χ0v) is 14.4. The lowest BCUT2D eigenvalue weighted by atomic mass is 10.2. The number of halogens is 1. The Kier molecular flexibility index (Phi) is 5.09. The first-order valence-corrected chi connectivity index (χ1v) is 10.4. The third-order valence-electron chi connectivity index (χ3n) is 3.31. The molecule has 1 saturated heterocycles. The Hall–Kier alpha value is -0.480. The molecule has 6 nitrogen and oxygen atoms in total. The van der Waals surface area contributed by atoms with Gasteiger partial charge in [0.2, 0.25) is 10.0 Å². The zero-order valence-electron chi connectivity index (χ0n) is 11.2. The summed E-state index contributed by atoms with van der Waals surface area (Å²) in [6, 6.07) is 4.50. The Morgan fingerprint density at radius 3 is 2.57 bits per heavy atom. The third-order valence-corrected chi connectivity index (χ3v) is 7.90. The lowest BCUT2D eigenvalue weighted by Gasteiger charge is -2.20. The van der Waals surface area contributed by atoms with Crippen molar-refractivity contribution in [3.63, 3.8) is 0 Å². The molecule has 0 unspecified atom stereocenters. The number of hydrogen-bond acceptors (Lipinski definition) is 5. The molecule has 1 N–H and O–H groups in total. The van der Waals surface area contributed by atoms with Crippen LogP contribution in [0.1, 0.15) is 12.0 Å². The van der Waals surface area contributed by atoms with Gasteiger partial charge in [-0.05, 0) is 40.0 Å². The van der Waals surface area contributed by atoms with Crippen molar-refractivity contribution in [1.29, 1.82) is 0 Å². The molecule has 9 heteroatoms. The Bertz CT molecular complexity index is 730. The van der Waals surface area contributed by atoms with E-state index in [4.69, 9.17) is 5.11 Å². The molecule has 21 heavy (non-hydrogen) atoms. The number of rotatable bonds is 3. The van der Waals surface area contributed by atoms with Gasteiger partial charge >= 0.3 is 0 Å². The van der Waals surface area contributed by atoms with Crippen molar-refractivity contribution in [2.24, 2.45) is 0 Å². The summed E-state index contributed by atoms with van der Waals surface area (Å²) in [5, 5.41) is 9.05. The predicted octanol–water partition coefficient (Wildman–Crippen LogP) is 0.751. The van der Waals surface area contributed by atoms with Gasteiger partial charge < -0.3 is 5.11 Å². The topological polar surface area (TPSA) is 91.8 Å². The number of nitrogens with zero attached hydrogens (tertiary/aromatic N) is 1. The lowest BCUT2D eigenvalue weighted by Crippen LogP contribution is -2.33. The molecular formula is C12H16BrNO5S2. The van der Waals surface area contributed by atoms with Gasteiger partial charge in [0, 0.05) is 17.6 Å². The molecule has 0 spiro atoms. The number of hydrogen-bond donors (Lipinski definition) is 1. The molecule has 0 radical (unpaired) electrons. The van der Waals surface area contributed by atoms with Gasteiger partial charge in [0.15, 0.2) is 9.84 Å². The molecule has 1 aromatic rings. The number of aliphatic hydroxyl groups excluding tert-OH is 1. The molecule has 0 atom stereocenters. The smallest absolute Gasteiger partial charge is 0.244 e. The van der Waals surface area contributed by atoms with Crippen LogP contribution in [0.3, 0.4) is 0 Å². The molecule has 1 aliphatic heterocycles. The van der Waals surface area contributed by atoms with Crippen LogP contribution < -0.4 is 0 Å². The van der Waals surface area contributed by atoms with Crippen LogP contribution in [0.25, 0.3) is 0 Å². The molecule has 118 valence electrons. The van der Waals surface area contributed by atoms with Crippen LogP contribution in [0.4, 0.5) is 0 Å². The first-order chi connectivity index (χ1) is 9.76. The molecule has 1 aliphatic rings. The van der Waals surface area contributed by atoms with Crippen molar-refractivity contribution in [3.05, 3.63) is 28.2 Å². The van der Waals surface area contributed by atoms with E-state index in [1.54, 1.807) is 6.07 Å². The largest absolute Gasteiger partial charge is 0.392 e. The fourth-order valence-electron chi connectivity index (χ4n) is 2.15. The minimum absolute atomic E-state index is 0.0175. The van der Waals surface area contributed by atoms with Gasteiger partial charge in [0.1, 0.15) is 0 Å². The number of benzene rings is 1. The van der Waals surface area contributed by atoms with Crippen LogP contribution in [0.2, 0.25) is 0 Å². The van der Waals surface area contributed by atoms with Crippen LogP contribution in [0, 0.1) is 0 Å². The van der Waals surface area contributed by atoms with E-state index >= 15 is 0 Å². The molecule has 1 heterocycles. The highest BCUT2D eigenvalue weighted by Crippen LogP contribution is 2.27. The van der Waals surface area contributed by atoms with E-state index in [0.29, 0.717) is 16.5 Å². The van der Waals surface area contributed by atoms with Crippen molar-refractivity contribution in [3.8, 4) is 0 Å². The summed E-state index contributed by atoms with van der Waals surface area (Å²) in [6.45, 7) is -0.0184. The van der Waals surface area contributed by atoms with Crippen molar-refractivity contribution in [2.45, 2.75) is 17.9 Å². The summed E-state index contributed by atoms with van der Waals surface area (Å²) in [6.07, 6.45) is 0.300. The fraction of sp³-hybridized carbons (Fsp3) is 0.500. The minimum atomic E-state index is -3.75. The molecule has 0 aromatic heterocycles. The molecule has 2 rings (SSSR count). The SMILES string of the molecule is O=S1(=O)CCCN(S(=O)(=O)c2ccc(CO)cc2Br)CC1. The average Bonchev–Trinajstić information content (AvgIpc) is 2.59. The van der Waals surface area contributed by atoms with Gasteiger partial charge in [-0.25, -0.2) is 16.8 Å². The quantitative estimate of drug-likeness (QED) is 0.812. The Morgan fingerprint density at radius 2 is 1.95 bits per heavy atom. The second-order valence-corrected chi connectivity index (χ2v) is 9.90. The maximum atomic E-state index is 12.6. The van der Waals surface area contributed by atoms with Crippen LogP contribution in [0.15, 0.2) is 27.6 Å². The van der Waals surface area contributed by atoms with Crippen molar-refractivity contribution in [2.75, 3.05) is 24.6 Å². The van der Waals surface area contributed by atoms with Crippen molar-refractivity contribution < 1.29 is 21.9 Å². The maximum absolute atomic E-state index is 12.6. The highest BCUT2D eigenvalue weighted by Gasteiger charge is 2.30. The summed E-state index contributed by atoms with van der Waals surface area (Å²) >= 11 is 3.20. The first-order valence-electron chi connectivity index (χ1n) is 6.36. The van der Waals surface area contributed by atoms with E-state index in [0.717, 1.165) is 0 Å². The second kappa shape index (κ2) is 6.33. The van der Waals surface area contributed by atoms with E-state index in [-0.39, 0.29) is 36.1 Å². The molecule has 0 amide bonds. The van der Waals surface area contributed by atoms with Crippen molar-refractivity contribution >= 4 is 35.8 Å². The van der Waals surface area contributed by atoms with Crippen molar-refractivity contribution in [1.82, 2.24) is 4.31 Å². The van der Waals surface area contributed by atoms with Crippen LogP contribution >= 0.6 is 15.9 Å². The number of aliphatic hydroxyl groups is 1. The summed E-state index contributed by atoms with van der Waals surface area (Å²) in [5.41, 5.74) is 0.597. The molecule has 0 bridgehead atoms. The summed E-state index contributed by atoms with van der Waals surface area (Å²) in [7, 11) is -6.92. The van der Waals surface area contributed by atoms with Gasteiger partial charge in [-0.2, -0.15) is 4.31 Å². The van der Waals surface area contributed by atoms with E-state index in [1.165, 1.54) is 16.4 Å². The fourth-order valence-corrected chi connectivity index (χ4v) is 6.10. The highest BCUT2D eigenvalue weighted by atomic mass is 79.9. The van der Waals surface area contributed by atoms with E-state index < -0.39 is 19.9 Å². The third kappa shape index (κ3) is 3.84. The molecule has 0 saturated carbocycles. The maximum Gasteiger partial charge on any atom is 0.244 e. The molecule has 1 fully saturated rings. The van der Waals surface area contributed by atoms with Crippen LogP contribution in [-0.2, 0) is 26.5 Å². The minimum Gasteiger partial charge on any atom is -0.392 e. The van der Waals surface area contributed by atoms with E-state index in [1.807, 2.05) is 0 Å². The first kappa shape index (κ1) is 16.9. The standard InChI is InChI=1S/C12H16BrNO5S2/c13-11-8-10(9-15)2-3-12(11)21(18,19)14-4-1-6-20(16,17)7-5-14/h2-3,8,15H,1,4-7,9H2. The predicted molar refractivity (Wildman–Crippen MR) is 82.1 cm³/mol. The van der Waals surface area contributed by atoms with Gasteiger partial charge in [-0.1, -0.05) is 6.07 Å². The second-order valence-electron chi connectivity index (χ2n) is 4.83. The number of sulfone groups is 1. The Morgan fingerprint density at radius 1 is 1.24 bits per heavy atom. The average molecular weight is 398 g/mol. The summed E-state index contributed by atoms with van der Waals surface area (Å²) < 4.78 is 49.9. The van der Waals surface area contributed by atoms with E-state index in [2.05, 4.69) is 15.9 Å². The Balaban J connectivity index is 2.34. The van der Waals surface area contributed by atoms with E-state index in [9.17, 15) is 16.8 Å². The van der Waals surface area contributed by atoms with Crippen LogP contribution in [-0.4, -0.2) is 50.8 Å². The van der Waals surface area contributed by atoms with Gasteiger partial charge in [-0.15, -0.1) is 0 Å². The molecule has 0 aliphatic carbocycles. The summed E-state index contributed by atoms with van der Waals surface area (Å²) in [5.74, 6) is -0.137. The van der Waals surface area contributed by atoms with Gasteiger partial charge in [0.25, 0.3) is 0 Å². The molecular weight excluding hydrogens is 382 g/mol. The normalized spacial score (nSPS) is 20.1.